The Labute approximate surface area is 210 Å². The zero-order valence-corrected chi connectivity index (χ0v) is 20.4. The van der Waals surface area contributed by atoms with Crippen LogP contribution in [0.25, 0.3) is 0 Å². The van der Waals surface area contributed by atoms with Gasteiger partial charge in [-0.25, -0.2) is 8.42 Å². The second kappa shape index (κ2) is 11.2. The first-order valence-corrected chi connectivity index (χ1v) is 11.5. The number of carboxylic acids is 1. The molecule has 2 heterocycles. The Balaban J connectivity index is 0.00000204. The van der Waals surface area contributed by atoms with Crippen LogP contribution in [0.3, 0.4) is 0 Å². The van der Waals surface area contributed by atoms with Crippen LogP contribution in [0.15, 0.2) is 83.9 Å². The van der Waals surface area contributed by atoms with Crippen molar-refractivity contribution in [2.24, 2.45) is 5.73 Å². The Morgan fingerprint density at radius 3 is 2.35 bits per heavy atom. The number of para-hydroxylation sites is 1. The van der Waals surface area contributed by atoms with Gasteiger partial charge in [-0.2, -0.15) is 4.31 Å². The number of hydrogen-bond acceptors (Lipinski definition) is 6. The average molecular weight is 526 g/mol. The van der Waals surface area contributed by atoms with Gasteiger partial charge < -0.3 is 15.6 Å². The lowest BCUT2D eigenvalue weighted by atomic mass is 9.92. The highest BCUT2D eigenvalue weighted by atomic mass is 35.5. The first-order chi connectivity index (χ1) is 15.3. The molecular weight excluding hydrogens is 501 g/mol. The van der Waals surface area contributed by atoms with Crippen molar-refractivity contribution in [3.05, 3.63) is 90.3 Å². The van der Waals surface area contributed by atoms with E-state index in [1.54, 1.807) is 24.4 Å². The van der Waals surface area contributed by atoms with Crippen LogP contribution in [-0.4, -0.2) is 47.9 Å². The van der Waals surface area contributed by atoms with Crippen molar-refractivity contribution in [3.63, 3.8) is 0 Å². The molecule has 1 saturated heterocycles. The fourth-order valence-corrected chi connectivity index (χ4v) is 5.25. The maximum Gasteiger partial charge on any atom is 0.320 e. The number of aromatic nitrogens is 1. The third-order valence-corrected chi connectivity index (χ3v) is 7.15. The average Bonchev–Trinajstić information content (AvgIpc) is 2.77. The van der Waals surface area contributed by atoms with Crippen LogP contribution in [0.5, 0.6) is 5.75 Å². The summed E-state index contributed by atoms with van der Waals surface area (Å²) in [7, 11) is -3.81. The van der Waals surface area contributed by atoms with Crippen LogP contribution in [-0.2, 0) is 26.8 Å². The van der Waals surface area contributed by atoms with Crippen LogP contribution in [0.1, 0.15) is 11.3 Å². The van der Waals surface area contributed by atoms with Gasteiger partial charge in [-0.05, 0) is 48.4 Å². The molecule has 1 aliphatic rings. The standard InChI is InChI=1S/C23H23N3O5S.2ClH/c24-20(22(27)28)14-17-7-6-10-19(13-17)32(29,30)26-15-23(16-26,21-11-4-5-12-25-21)31-18-8-2-1-3-9-18;;/h1-13,20H,14-16,24H2,(H,27,28);2*1H. The van der Waals surface area contributed by atoms with Gasteiger partial charge in [0, 0.05) is 6.20 Å². The molecule has 34 heavy (non-hydrogen) atoms. The molecule has 1 fully saturated rings. The van der Waals surface area contributed by atoms with E-state index in [4.69, 9.17) is 15.6 Å². The number of nitrogens with two attached hydrogens (primary N) is 1. The highest BCUT2D eigenvalue weighted by Gasteiger charge is 2.53. The number of carbonyl (C=O) groups is 1. The largest absolute Gasteiger partial charge is 0.480 e. The quantitative estimate of drug-likeness (QED) is 0.463. The van der Waals surface area contributed by atoms with Crippen molar-refractivity contribution < 1.29 is 23.1 Å². The van der Waals surface area contributed by atoms with Crippen molar-refractivity contribution in [2.75, 3.05) is 13.1 Å². The number of hydrogen-bond donors (Lipinski definition) is 2. The molecule has 182 valence electrons. The molecule has 0 amide bonds. The van der Waals surface area contributed by atoms with Gasteiger partial charge in [0.25, 0.3) is 0 Å². The number of benzene rings is 2. The monoisotopic (exact) mass is 525 g/mol. The lowest BCUT2D eigenvalue weighted by molar-refractivity contribution is -0.138. The van der Waals surface area contributed by atoms with Gasteiger partial charge in [-0.3, -0.25) is 9.78 Å². The summed E-state index contributed by atoms with van der Waals surface area (Å²) in [5.74, 6) is -0.515. The number of sulfonamides is 1. The van der Waals surface area contributed by atoms with Crippen LogP contribution < -0.4 is 10.5 Å². The molecule has 0 spiro atoms. The van der Waals surface area contributed by atoms with Gasteiger partial charge in [0.2, 0.25) is 10.0 Å². The summed E-state index contributed by atoms with van der Waals surface area (Å²) in [5.41, 5.74) is 5.88. The molecule has 2 aromatic carbocycles. The van der Waals surface area contributed by atoms with Gasteiger partial charge >= 0.3 is 5.97 Å². The van der Waals surface area contributed by atoms with Crippen molar-refractivity contribution >= 4 is 40.8 Å². The van der Waals surface area contributed by atoms with E-state index in [-0.39, 0.29) is 49.2 Å². The molecule has 1 atom stereocenters. The van der Waals surface area contributed by atoms with E-state index in [9.17, 15) is 13.2 Å². The number of rotatable bonds is 8. The maximum atomic E-state index is 13.3. The molecule has 0 bridgehead atoms. The van der Waals surface area contributed by atoms with E-state index in [1.807, 2.05) is 42.5 Å². The van der Waals surface area contributed by atoms with E-state index in [1.165, 1.54) is 16.4 Å². The third-order valence-electron chi connectivity index (χ3n) is 5.36. The van der Waals surface area contributed by atoms with E-state index in [0.717, 1.165) is 0 Å². The van der Waals surface area contributed by atoms with Gasteiger partial charge in [-0.1, -0.05) is 36.4 Å². The summed E-state index contributed by atoms with van der Waals surface area (Å²) < 4.78 is 34.1. The minimum Gasteiger partial charge on any atom is -0.480 e. The molecule has 1 aliphatic heterocycles. The number of carboxylic acid groups (broad SMARTS) is 1. The molecule has 0 radical (unpaired) electrons. The number of halogens is 2. The highest BCUT2D eigenvalue weighted by Crippen LogP contribution is 2.39. The molecule has 3 N–H and O–H groups in total. The predicted molar refractivity (Wildman–Crippen MR) is 132 cm³/mol. The van der Waals surface area contributed by atoms with Crippen molar-refractivity contribution in [3.8, 4) is 5.75 Å². The Morgan fingerprint density at radius 1 is 1.06 bits per heavy atom. The number of nitrogens with zero attached hydrogens (tertiary/aromatic N) is 2. The van der Waals surface area contributed by atoms with E-state index < -0.39 is 27.6 Å². The SMILES string of the molecule is Cl.Cl.NC(Cc1cccc(S(=O)(=O)N2CC(Oc3ccccc3)(c3ccccn3)C2)c1)C(=O)O. The first kappa shape index (κ1) is 27.6. The zero-order chi connectivity index (χ0) is 22.8. The minimum atomic E-state index is -3.81. The highest BCUT2D eigenvalue weighted by molar-refractivity contribution is 7.89. The van der Waals surface area contributed by atoms with E-state index in [0.29, 0.717) is 17.0 Å². The number of ether oxygens (including phenoxy) is 1. The Bertz CT molecular complexity index is 1210. The van der Waals surface area contributed by atoms with Gasteiger partial charge in [0.15, 0.2) is 5.60 Å². The number of aliphatic carboxylic acids is 1. The molecule has 1 unspecified atom stereocenters. The fraction of sp³-hybridized carbons (Fsp3) is 0.217. The van der Waals surface area contributed by atoms with Crippen molar-refractivity contribution in [2.45, 2.75) is 23.0 Å². The summed E-state index contributed by atoms with van der Waals surface area (Å²) in [5, 5.41) is 9.02. The van der Waals surface area contributed by atoms with Crippen molar-refractivity contribution in [1.29, 1.82) is 0 Å². The summed E-state index contributed by atoms with van der Waals surface area (Å²) in [6, 6.07) is 19.8. The van der Waals surface area contributed by atoms with Crippen molar-refractivity contribution in [1.82, 2.24) is 9.29 Å². The second-order valence-corrected chi connectivity index (χ2v) is 9.63. The Kier molecular flexibility index (Phi) is 9.04. The van der Waals surface area contributed by atoms with E-state index >= 15 is 0 Å². The maximum absolute atomic E-state index is 13.3. The van der Waals surface area contributed by atoms with Crippen LogP contribution >= 0.6 is 24.8 Å². The Morgan fingerprint density at radius 2 is 1.74 bits per heavy atom. The first-order valence-electron chi connectivity index (χ1n) is 10.0. The molecule has 0 saturated carbocycles. The third kappa shape index (κ3) is 5.68. The van der Waals surface area contributed by atoms with Crippen LogP contribution in [0.2, 0.25) is 0 Å². The lowest BCUT2D eigenvalue weighted by Gasteiger charge is -2.48. The normalized spacial score (nSPS) is 15.7. The van der Waals surface area contributed by atoms with Crippen LogP contribution in [0, 0.1) is 0 Å². The molecule has 1 aromatic heterocycles. The topological polar surface area (TPSA) is 123 Å². The molecule has 11 heteroatoms. The molecule has 0 aliphatic carbocycles. The molecule has 4 rings (SSSR count). The number of pyridine rings is 1. The minimum absolute atomic E-state index is 0. The van der Waals surface area contributed by atoms with Gasteiger partial charge in [0.05, 0.1) is 23.7 Å². The summed E-state index contributed by atoms with van der Waals surface area (Å²) >= 11 is 0. The second-order valence-electron chi connectivity index (χ2n) is 7.69. The van der Waals surface area contributed by atoms with E-state index in [2.05, 4.69) is 4.98 Å². The molecular formula is C23H25Cl2N3O5S. The zero-order valence-electron chi connectivity index (χ0n) is 18.0. The van der Waals surface area contributed by atoms with Gasteiger partial charge in [0.1, 0.15) is 11.8 Å². The summed E-state index contributed by atoms with van der Waals surface area (Å²) in [4.78, 5) is 15.5. The fourth-order valence-electron chi connectivity index (χ4n) is 3.64. The lowest BCUT2D eigenvalue weighted by Crippen LogP contribution is -2.64. The predicted octanol–water partition coefficient (Wildman–Crippen LogP) is 2.86. The van der Waals surface area contributed by atoms with Gasteiger partial charge in [-0.15, -0.1) is 24.8 Å². The molecule has 3 aromatic rings. The summed E-state index contributed by atoms with van der Waals surface area (Å²) in [6.45, 7) is 0.195. The Hall–Kier alpha value is -2.69. The molecule has 8 nitrogen and oxygen atoms in total. The summed E-state index contributed by atoms with van der Waals surface area (Å²) in [6.07, 6.45) is 1.69. The van der Waals surface area contributed by atoms with Crippen LogP contribution in [0.4, 0.5) is 0 Å². The smallest absolute Gasteiger partial charge is 0.320 e.